The molecular weight excluding hydrogens is 456 g/mol. The molecule has 7 heteroatoms. The number of rotatable bonds is 8. The van der Waals surface area contributed by atoms with Crippen LogP contribution < -0.4 is 10.1 Å². The molecule has 2 aromatic carbocycles. The molecule has 1 aliphatic heterocycles. The third-order valence-electron chi connectivity index (χ3n) is 6.49. The highest BCUT2D eigenvalue weighted by atomic mass is 32.2. The summed E-state index contributed by atoms with van der Waals surface area (Å²) in [5, 5.41) is 9.07. The number of anilines is 1. The van der Waals surface area contributed by atoms with Crippen LogP contribution in [0.15, 0.2) is 71.0 Å². The number of thioether (sulfide) groups is 1. The van der Waals surface area contributed by atoms with Crippen LogP contribution in [0.4, 0.5) is 5.95 Å². The second-order valence-corrected chi connectivity index (χ2v) is 11.1. The van der Waals surface area contributed by atoms with Crippen LogP contribution in [0.5, 0.6) is 5.75 Å². The van der Waals surface area contributed by atoms with Gasteiger partial charge in [0.2, 0.25) is 11.1 Å². The fourth-order valence-corrected chi connectivity index (χ4v) is 5.73. The van der Waals surface area contributed by atoms with Crippen LogP contribution in [-0.4, -0.2) is 26.3 Å². The molecule has 0 amide bonds. The Labute approximate surface area is 211 Å². The first-order valence-corrected chi connectivity index (χ1v) is 13.3. The van der Waals surface area contributed by atoms with E-state index in [1.165, 1.54) is 0 Å². The van der Waals surface area contributed by atoms with Crippen LogP contribution in [0.3, 0.4) is 0 Å². The minimum Gasteiger partial charge on any atom is -0.489 e. The van der Waals surface area contributed by atoms with E-state index in [9.17, 15) is 4.79 Å². The number of fused-ring (bicyclic) bond motifs is 1. The largest absolute Gasteiger partial charge is 0.489 e. The first-order chi connectivity index (χ1) is 16.9. The van der Waals surface area contributed by atoms with Crippen molar-refractivity contribution >= 4 is 23.5 Å². The maximum Gasteiger partial charge on any atom is 0.227 e. The van der Waals surface area contributed by atoms with E-state index < -0.39 is 0 Å². The lowest BCUT2D eigenvalue weighted by molar-refractivity contribution is -0.118. The number of ether oxygens (including phenoxy) is 1. The minimum absolute atomic E-state index is 0.0995. The number of nitrogens with one attached hydrogen (secondary N) is 1. The molecule has 0 spiro atoms. The second-order valence-electron chi connectivity index (χ2n) is 10.0. The predicted molar refractivity (Wildman–Crippen MR) is 140 cm³/mol. The zero-order chi connectivity index (χ0) is 24.4. The molecule has 2 heterocycles. The Bertz CT molecular complexity index is 1250. The monoisotopic (exact) mass is 488 g/mol. The molecule has 0 radical (unpaired) electrons. The van der Waals surface area contributed by atoms with E-state index in [1.807, 2.05) is 47.1 Å². The molecule has 5 rings (SSSR count). The lowest BCUT2D eigenvalue weighted by atomic mass is 9.73. The number of unbranched alkanes of at least 4 members (excludes halogenated alkanes) is 1. The average molecular weight is 489 g/mol. The number of allylic oxidation sites excluding steroid dienone is 2. The van der Waals surface area contributed by atoms with Crippen molar-refractivity contribution in [2.45, 2.75) is 64.3 Å². The van der Waals surface area contributed by atoms with Gasteiger partial charge in [-0.05, 0) is 29.9 Å². The van der Waals surface area contributed by atoms with Crippen molar-refractivity contribution in [3.05, 3.63) is 77.0 Å². The van der Waals surface area contributed by atoms with Gasteiger partial charge in [0.1, 0.15) is 18.4 Å². The summed E-state index contributed by atoms with van der Waals surface area (Å²) in [6.07, 6.45) is 3.55. The van der Waals surface area contributed by atoms with Gasteiger partial charge in [0, 0.05) is 29.0 Å². The molecule has 1 aliphatic carbocycles. The molecule has 2 aliphatic rings. The van der Waals surface area contributed by atoms with Crippen molar-refractivity contribution in [3.63, 3.8) is 0 Å². The Morgan fingerprint density at radius 1 is 1.11 bits per heavy atom. The quantitative estimate of drug-likeness (QED) is 0.292. The van der Waals surface area contributed by atoms with Gasteiger partial charge in [0.05, 0.1) is 0 Å². The van der Waals surface area contributed by atoms with E-state index in [2.05, 4.69) is 38.2 Å². The van der Waals surface area contributed by atoms with Crippen LogP contribution in [0.25, 0.3) is 0 Å². The topological polar surface area (TPSA) is 69.0 Å². The van der Waals surface area contributed by atoms with Gasteiger partial charge in [0.15, 0.2) is 5.78 Å². The number of ketones is 1. The summed E-state index contributed by atoms with van der Waals surface area (Å²) in [6.45, 7) is 6.93. The molecule has 1 unspecified atom stereocenters. The number of carbonyl (C=O) groups excluding carboxylic acids is 1. The summed E-state index contributed by atoms with van der Waals surface area (Å²) in [4.78, 5) is 18.3. The number of para-hydroxylation sites is 1. The van der Waals surface area contributed by atoms with Crippen LogP contribution in [0, 0.1) is 5.41 Å². The Kier molecular flexibility index (Phi) is 6.69. The van der Waals surface area contributed by atoms with Gasteiger partial charge in [-0.1, -0.05) is 87.5 Å². The number of benzene rings is 2. The van der Waals surface area contributed by atoms with E-state index in [-0.39, 0.29) is 17.2 Å². The summed E-state index contributed by atoms with van der Waals surface area (Å²) in [6, 6.07) is 17.7. The van der Waals surface area contributed by atoms with Gasteiger partial charge in [-0.3, -0.25) is 4.79 Å². The number of Topliss-reactive ketones (excluding diaryl/α,β-unsaturated/α-hetero) is 1. The lowest BCUT2D eigenvalue weighted by Gasteiger charge is -2.38. The van der Waals surface area contributed by atoms with Crippen LogP contribution >= 0.6 is 11.8 Å². The minimum atomic E-state index is -0.371. The fourth-order valence-electron chi connectivity index (χ4n) is 4.82. The van der Waals surface area contributed by atoms with E-state index in [1.54, 1.807) is 11.8 Å². The third kappa shape index (κ3) is 5.01. The molecule has 35 heavy (non-hydrogen) atoms. The number of nitrogens with zero attached hydrogens (tertiary/aromatic N) is 3. The van der Waals surface area contributed by atoms with E-state index in [4.69, 9.17) is 14.8 Å². The van der Waals surface area contributed by atoms with Crippen molar-refractivity contribution in [1.82, 2.24) is 14.8 Å². The summed E-state index contributed by atoms with van der Waals surface area (Å²) in [5.74, 6) is 2.58. The number of carbonyl (C=O) groups is 1. The van der Waals surface area contributed by atoms with E-state index in [0.717, 1.165) is 58.3 Å². The number of hydrogen-bond donors (Lipinski definition) is 1. The SMILES string of the molecule is CCCCSc1nc2n(n1)C(c1ccccc1OCc1ccccc1)C1=C(CC(C)(C)CC1=O)N2. The maximum absolute atomic E-state index is 13.5. The summed E-state index contributed by atoms with van der Waals surface area (Å²) in [7, 11) is 0. The molecule has 0 saturated heterocycles. The van der Waals surface area contributed by atoms with Gasteiger partial charge >= 0.3 is 0 Å². The normalized spacial score (nSPS) is 18.6. The molecule has 0 fully saturated rings. The summed E-state index contributed by atoms with van der Waals surface area (Å²) in [5.41, 5.74) is 3.67. The number of aromatic nitrogens is 3. The lowest BCUT2D eigenvalue weighted by Crippen LogP contribution is -2.36. The van der Waals surface area contributed by atoms with Crippen molar-refractivity contribution in [1.29, 1.82) is 0 Å². The highest BCUT2D eigenvalue weighted by molar-refractivity contribution is 7.99. The fraction of sp³-hybridized carbons (Fsp3) is 0.393. The molecule has 182 valence electrons. The molecular formula is C28H32N4O2S. The smallest absolute Gasteiger partial charge is 0.227 e. The van der Waals surface area contributed by atoms with Crippen LogP contribution in [0.2, 0.25) is 0 Å². The van der Waals surface area contributed by atoms with Crippen LogP contribution in [0.1, 0.15) is 63.6 Å². The van der Waals surface area contributed by atoms with E-state index in [0.29, 0.717) is 19.0 Å². The zero-order valence-electron chi connectivity index (χ0n) is 20.6. The summed E-state index contributed by atoms with van der Waals surface area (Å²) < 4.78 is 8.20. The Morgan fingerprint density at radius 3 is 2.69 bits per heavy atom. The molecule has 1 N–H and O–H groups in total. The second kappa shape index (κ2) is 9.90. The predicted octanol–water partition coefficient (Wildman–Crippen LogP) is 6.41. The van der Waals surface area contributed by atoms with Crippen molar-refractivity contribution < 1.29 is 9.53 Å². The third-order valence-corrected chi connectivity index (χ3v) is 7.42. The van der Waals surface area contributed by atoms with Crippen molar-refractivity contribution in [2.24, 2.45) is 5.41 Å². The summed E-state index contributed by atoms with van der Waals surface area (Å²) >= 11 is 1.66. The van der Waals surface area contributed by atoms with Crippen molar-refractivity contribution in [2.75, 3.05) is 11.1 Å². The number of hydrogen-bond acceptors (Lipinski definition) is 6. The first-order valence-electron chi connectivity index (χ1n) is 12.3. The highest BCUT2D eigenvalue weighted by Gasteiger charge is 2.42. The molecule has 0 saturated carbocycles. The highest BCUT2D eigenvalue weighted by Crippen LogP contribution is 2.47. The van der Waals surface area contributed by atoms with Gasteiger partial charge in [-0.15, -0.1) is 5.10 Å². The molecule has 0 bridgehead atoms. The van der Waals surface area contributed by atoms with Crippen LogP contribution in [-0.2, 0) is 11.4 Å². The van der Waals surface area contributed by atoms with Gasteiger partial charge in [0.25, 0.3) is 0 Å². The standard InChI is InChI=1S/C28H32N4O2S/c1-4-5-15-35-27-30-26-29-21-16-28(2,3)17-22(33)24(21)25(32(26)31-27)20-13-9-10-14-23(20)34-18-19-11-7-6-8-12-19/h6-14,25H,4-5,15-18H2,1-3H3,(H,29,30,31). The Hall–Kier alpha value is -3.06. The Balaban J connectivity index is 1.56. The molecule has 1 aromatic heterocycles. The van der Waals surface area contributed by atoms with E-state index >= 15 is 0 Å². The molecule has 1 atom stereocenters. The first kappa shape index (κ1) is 23.7. The molecule has 3 aromatic rings. The average Bonchev–Trinajstić information content (AvgIpc) is 3.24. The van der Waals surface area contributed by atoms with Gasteiger partial charge in [-0.25, -0.2) is 4.68 Å². The zero-order valence-corrected chi connectivity index (χ0v) is 21.4. The molecule has 6 nitrogen and oxygen atoms in total. The van der Waals surface area contributed by atoms with Gasteiger partial charge < -0.3 is 10.1 Å². The maximum atomic E-state index is 13.5. The van der Waals surface area contributed by atoms with Crippen molar-refractivity contribution in [3.8, 4) is 5.75 Å². The Morgan fingerprint density at radius 2 is 1.89 bits per heavy atom. The van der Waals surface area contributed by atoms with Gasteiger partial charge in [-0.2, -0.15) is 4.98 Å².